The number of hydrogen-bond donors (Lipinski definition) is 3. The molecule has 1 heterocycles. The molecular weight excluding hydrogens is 412 g/mol. The summed E-state index contributed by atoms with van der Waals surface area (Å²) in [6.45, 7) is 3.80. The fourth-order valence-electron chi connectivity index (χ4n) is 5.15. The van der Waals surface area contributed by atoms with Crippen molar-refractivity contribution in [2.45, 2.75) is 19.8 Å². The molecule has 0 bridgehead atoms. The van der Waals surface area contributed by atoms with Crippen LogP contribution >= 0.6 is 0 Å². The second-order valence-corrected chi connectivity index (χ2v) is 8.80. The maximum absolute atomic E-state index is 10.4. The van der Waals surface area contributed by atoms with E-state index in [9.17, 15) is 15.3 Å². The van der Waals surface area contributed by atoms with Crippen LogP contribution in [0.2, 0.25) is 0 Å². The summed E-state index contributed by atoms with van der Waals surface area (Å²) >= 11 is 0. The zero-order chi connectivity index (χ0) is 22.9. The maximum atomic E-state index is 10.4. The van der Waals surface area contributed by atoms with Crippen molar-refractivity contribution in [3.63, 3.8) is 0 Å². The van der Waals surface area contributed by atoms with E-state index in [0.29, 0.717) is 0 Å². The first-order valence-corrected chi connectivity index (χ1v) is 10.9. The summed E-state index contributed by atoms with van der Waals surface area (Å²) in [5, 5.41) is 34.9. The van der Waals surface area contributed by atoms with Crippen LogP contribution in [0.4, 0.5) is 0 Å². The third-order valence-electron chi connectivity index (χ3n) is 6.66. The highest BCUT2D eigenvalue weighted by Crippen LogP contribution is 2.53. The standard InChI is InChI=1S/C29H22O4/c1-15-11-19(12-16(2)29(15)32)26-27-22-13-20(30)7-3-17(22)5-9-24(27)33-25-10-6-18-4-8-21(31)14-23(18)28(25)26/h3-14,26,30-32H,1-2H3. The minimum absolute atomic E-state index is 0.189. The molecule has 0 aromatic heterocycles. The molecule has 4 nitrogen and oxygen atoms in total. The van der Waals surface area contributed by atoms with Gasteiger partial charge in [0, 0.05) is 17.0 Å². The van der Waals surface area contributed by atoms with E-state index in [1.807, 2.05) is 62.4 Å². The van der Waals surface area contributed by atoms with E-state index in [2.05, 4.69) is 0 Å². The smallest absolute Gasteiger partial charge is 0.132 e. The molecule has 0 radical (unpaired) electrons. The molecule has 0 spiro atoms. The lowest BCUT2D eigenvalue weighted by atomic mass is 9.77. The van der Waals surface area contributed by atoms with Crippen LogP contribution in [0, 0.1) is 13.8 Å². The molecule has 0 unspecified atom stereocenters. The largest absolute Gasteiger partial charge is 0.508 e. The molecule has 0 fully saturated rings. The number of aryl methyl sites for hydroxylation is 2. The lowest BCUT2D eigenvalue weighted by Gasteiger charge is -2.31. The first-order valence-electron chi connectivity index (χ1n) is 10.9. The van der Waals surface area contributed by atoms with Crippen molar-refractivity contribution in [1.29, 1.82) is 0 Å². The SMILES string of the molecule is Cc1cc(C2c3c(ccc4ccc(O)cc34)Oc3ccc4ccc(O)cc4c32)cc(C)c1O. The van der Waals surface area contributed by atoms with Crippen LogP contribution in [0.25, 0.3) is 21.5 Å². The second-order valence-electron chi connectivity index (χ2n) is 8.80. The Morgan fingerprint density at radius 2 is 1.06 bits per heavy atom. The molecule has 4 heteroatoms. The van der Waals surface area contributed by atoms with Crippen molar-refractivity contribution in [1.82, 2.24) is 0 Å². The van der Waals surface area contributed by atoms with Gasteiger partial charge in [0.1, 0.15) is 28.7 Å². The zero-order valence-electron chi connectivity index (χ0n) is 18.3. The fraction of sp³-hybridized carbons (Fsp3) is 0.103. The molecule has 1 aliphatic heterocycles. The average molecular weight is 434 g/mol. The van der Waals surface area contributed by atoms with E-state index in [1.54, 1.807) is 24.3 Å². The van der Waals surface area contributed by atoms with E-state index in [0.717, 1.165) is 60.9 Å². The summed E-state index contributed by atoms with van der Waals surface area (Å²) in [5.41, 5.74) is 4.52. The molecule has 0 aliphatic carbocycles. The van der Waals surface area contributed by atoms with E-state index >= 15 is 0 Å². The Kier molecular flexibility index (Phi) is 4.08. The van der Waals surface area contributed by atoms with Crippen LogP contribution in [-0.2, 0) is 0 Å². The van der Waals surface area contributed by atoms with Gasteiger partial charge in [0.25, 0.3) is 0 Å². The number of phenolic OH excluding ortho intramolecular Hbond substituents is 3. The first kappa shape index (κ1) is 19.5. The number of aromatic hydroxyl groups is 3. The van der Waals surface area contributed by atoms with Gasteiger partial charge in [-0.15, -0.1) is 0 Å². The quantitative estimate of drug-likeness (QED) is 0.260. The fourth-order valence-corrected chi connectivity index (χ4v) is 5.15. The summed E-state index contributed by atoms with van der Waals surface area (Å²) in [5.74, 6) is 1.90. The summed E-state index contributed by atoms with van der Waals surface area (Å²) in [6.07, 6.45) is 0. The molecular formula is C29H22O4. The number of benzene rings is 5. The number of rotatable bonds is 1. The van der Waals surface area contributed by atoms with Crippen molar-refractivity contribution in [3.05, 3.63) is 101 Å². The van der Waals surface area contributed by atoms with Crippen molar-refractivity contribution in [2.75, 3.05) is 0 Å². The second kappa shape index (κ2) is 6.91. The van der Waals surface area contributed by atoms with Gasteiger partial charge in [-0.25, -0.2) is 0 Å². The lowest BCUT2D eigenvalue weighted by molar-refractivity contribution is 0.454. The molecule has 5 aromatic rings. The molecule has 0 saturated heterocycles. The van der Waals surface area contributed by atoms with Crippen LogP contribution in [0.1, 0.15) is 33.7 Å². The van der Waals surface area contributed by atoms with Crippen molar-refractivity contribution < 1.29 is 20.1 Å². The van der Waals surface area contributed by atoms with Crippen LogP contribution in [0.3, 0.4) is 0 Å². The Bertz CT molecular complexity index is 1490. The lowest BCUT2D eigenvalue weighted by Crippen LogP contribution is -2.13. The molecule has 1 aliphatic rings. The minimum atomic E-state index is -0.224. The highest BCUT2D eigenvalue weighted by molar-refractivity contribution is 5.96. The molecule has 162 valence electrons. The van der Waals surface area contributed by atoms with E-state index in [1.165, 1.54) is 0 Å². The Hall–Kier alpha value is -4.18. The van der Waals surface area contributed by atoms with Gasteiger partial charge in [-0.3, -0.25) is 0 Å². The monoisotopic (exact) mass is 434 g/mol. The van der Waals surface area contributed by atoms with Gasteiger partial charge >= 0.3 is 0 Å². The molecule has 0 amide bonds. The molecule has 6 rings (SSSR count). The Morgan fingerprint density at radius 1 is 0.606 bits per heavy atom. The van der Waals surface area contributed by atoms with Crippen LogP contribution in [0.5, 0.6) is 28.7 Å². The molecule has 0 saturated carbocycles. The summed E-state index contributed by atoms with van der Waals surface area (Å²) < 4.78 is 6.40. The van der Waals surface area contributed by atoms with Gasteiger partial charge in [0.2, 0.25) is 0 Å². The Balaban J connectivity index is 1.78. The number of fused-ring (bicyclic) bond motifs is 6. The third kappa shape index (κ3) is 2.91. The molecule has 0 atom stereocenters. The predicted molar refractivity (Wildman–Crippen MR) is 130 cm³/mol. The van der Waals surface area contributed by atoms with E-state index in [4.69, 9.17) is 4.74 Å². The summed E-state index contributed by atoms with van der Waals surface area (Å²) in [4.78, 5) is 0. The van der Waals surface area contributed by atoms with Gasteiger partial charge in [0.15, 0.2) is 0 Å². The molecule has 33 heavy (non-hydrogen) atoms. The predicted octanol–water partition coefficient (Wildman–Crippen LogP) is 7.01. The molecule has 5 aromatic carbocycles. The van der Waals surface area contributed by atoms with E-state index < -0.39 is 0 Å². The zero-order valence-corrected chi connectivity index (χ0v) is 18.3. The topological polar surface area (TPSA) is 69.9 Å². The van der Waals surface area contributed by atoms with Crippen molar-refractivity contribution >= 4 is 21.5 Å². The van der Waals surface area contributed by atoms with Crippen LogP contribution in [-0.4, -0.2) is 15.3 Å². The maximum Gasteiger partial charge on any atom is 0.132 e. The molecule has 3 N–H and O–H groups in total. The van der Waals surface area contributed by atoms with Gasteiger partial charge in [-0.05, 0) is 88.5 Å². The number of hydrogen-bond acceptors (Lipinski definition) is 4. The van der Waals surface area contributed by atoms with Crippen molar-refractivity contribution in [2.24, 2.45) is 0 Å². The first-order chi connectivity index (χ1) is 15.9. The minimum Gasteiger partial charge on any atom is -0.508 e. The number of phenols is 3. The van der Waals surface area contributed by atoms with E-state index in [-0.39, 0.29) is 23.2 Å². The average Bonchev–Trinajstić information content (AvgIpc) is 2.80. The van der Waals surface area contributed by atoms with Gasteiger partial charge in [-0.2, -0.15) is 0 Å². The third-order valence-corrected chi connectivity index (χ3v) is 6.66. The van der Waals surface area contributed by atoms with Crippen LogP contribution < -0.4 is 4.74 Å². The highest BCUT2D eigenvalue weighted by Gasteiger charge is 2.33. The highest BCUT2D eigenvalue weighted by atomic mass is 16.5. The van der Waals surface area contributed by atoms with Gasteiger partial charge in [0.05, 0.1) is 0 Å². The van der Waals surface area contributed by atoms with Crippen LogP contribution in [0.15, 0.2) is 72.8 Å². The Morgan fingerprint density at radius 3 is 1.55 bits per heavy atom. The number of ether oxygens (including phenoxy) is 1. The Labute approximate surface area is 190 Å². The summed E-state index contributed by atoms with van der Waals surface area (Å²) in [7, 11) is 0. The normalized spacial score (nSPS) is 13.0. The van der Waals surface area contributed by atoms with Gasteiger partial charge in [-0.1, -0.05) is 36.4 Å². The van der Waals surface area contributed by atoms with Gasteiger partial charge < -0.3 is 20.1 Å². The summed E-state index contributed by atoms with van der Waals surface area (Å²) in [6, 6.07) is 22.7. The van der Waals surface area contributed by atoms with Crippen molar-refractivity contribution in [3.8, 4) is 28.7 Å².